The lowest BCUT2D eigenvalue weighted by Crippen LogP contribution is -2.39. The number of carbonyl (C=O) groups excluding carboxylic acids is 1. The van der Waals surface area contributed by atoms with Gasteiger partial charge in [-0.15, -0.1) is 18.3 Å². The number of amides is 1. The van der Waals surface area contributed by atoms with Crippen LogP contribution in [0.5, 0.6) is 0 Å². The molecule has 1 aliphatic carbocycles. The number of thioether (sulfide) groups is 1. The van der Waals surface area contributed by atoms with Crippen LogP contribution in [0.15, 0.2) is 12.7 Å². The quantitative estimate of drug-likeness (QED) is 0.498. The van der Waals surface area contributed by atoms with E-state index in [4.69, 9.17) is 5.11 Å². The van der Waals surface area contributed by atoms with Crippen LogP contribution in [-0.2, 0) is 9.59 Å². The van der Waals surface area contributed by atoms with Gasteiger partial charge in [-0.2, -0.15) is 0 Å². The average molecular weight is 243 g/mol. The lowest BCUT2D eigenvalue weighted by atomic mass is 10.1. The van der Waals surface area contributed by atoms with Crippen molar-refractivity contribution in [2.45, 2.75) is 25.3 Å². The van der Waals surface area contributed by atoms with Crippen LogP contribution in [0.25, 0.3) is 0 Å². The molecule has 1 unspecified atom stereocenters. The van der Waals surface area contributed by atoms with Gasteiger partial charge in [-0.05, 0) is 18.8 Å². The molecule has 1 fully saturated rings. The van der Waals surface area contributed by atoms with E-state index in [9.17, 15) is 9.59 Å². The Morgan fingerprint density at radius 2 is 2.25 bits per heavy atom. The van der Waals surface area contributed by atoms with Gasteiger partial charge in [0.2, 0.25) is 5.91 Å². The molecule has 0 aliphatic heterocycles. The third-order valence-electron chi connectivity index (χ3n) is 2.40. The molecule has 1 saturated carbocycles. The highest BCUT2D eigenvalue weighted by Crippen LogP contribution is 2.34. The van der Waals surface area contributed by atoms with Gasteiger partial charge in [-0.25, -0.2) is 0 Å². The Hall–Kier alpha value is -0.970. The van der Waals surface area contributed by atoms with Gasteiger partial charge >= 0.3 is 5.97 Å². The van der Waals surface area contributed by atoms with Gasteiger partial charge in [-0.3, -0.25) is 9.59 Å². The Bertz CT molecular complexity index is 276. The minimum atomic E-state index is -0.851. The summed E-state index contributed by atoms with van der Waals surface area (Å²) in [6.45, 7) is 3.57. The van der Waals surface area contributed by atoms with Crippen LogP contribution < -0.4 is 5.32 Å². The van der Waals surface area contributed by atoms with Crippen LogP contribution in [0.4, 0.5) is 0 Å². The molecule has 1 aliphatic rings. The Labute approximate surface area is 99.5 Å². The summed E-state index contributed by atoms with van der Waals surface area (Å²) < 4.78 is 0. The highest BCUT2D eigenvalue weighted by molar-refractivity contribution is 8.00. The third kappa shape index (κ3) is 5.21. The average Bonchev–Trinajstić information content (AvgIpc) is 2.99. The van der Waals surface area contributed by atoms with Crippen molar-refractivity contribution in [1.82, 2.24) is 5.32 Å². The first-order chi connectivity index (χ1) is 7.63. The van der Waals surface area contributed by atoms with Crippen molar-refractivity contribution in [3.05, 3.63) is 12.7 Å². The number of nitrogens with one attached hydrogen (secondary N) is 1. The maximum Gasteiger partial charge on any atom is 0.305 e. The van der Waals surface area contributed by atoms with Gasteiger partial charge < -0.3 is 10.4 Å². The summed E-state index contributed by atoms with van der Waals surface area (Å²) in [5.74, 6) is 0.542. The van der Waals surface area contributed by atoms with Crippen LogP contribution >= 0.6 is 11.8 Å². The fraction of sp³-hybridized carbons (Fsp3) is 0.636. The molecule has 16 heavy (non-hydrogen) atoms. The lowest BCUT2D eigenvalue weighted by Gasteiger charge is -2.15. The van der Waals surface area contributed by atoms with E-state index in [2.05, 4.69) is 11.9 Å². The lowest BCUT2D eigenvalue weighted by molar-refractivity contribution is -0.137. The molecule has 0 aromatic rings. The molecule has 1 amide bonds. The highest BCUT2D eigenvalue weighted by atomic mass is 32.2. The zero-order chi connectivity index (χ0) is 12.0. The van der Waals surface area contributed by atoms with E-state index >= 15 is 0 Å². The van der Waals surface area contributed by atoms with Crippen molar-refractivity contribution in [3.8, 4) is 0 Å². The molecule has 1 atom stereocenters. The summed E-state index contributed by atoms with van der Waals surface area (Å²) >= 11 is 1.48. The van der Waals surface area contributed by atoms with Crippen LogP contribution in [0.1, 0.15) is 19.3 Å². The van der Waals surface area contributed by atoms with Gasteiger partial charge in [0.15, 0.2) is 0 Å². The second-order valence-corrected chi connectivity index (χ2v) is 4.94. The van der Waals surface area contributed by atoms with E-state index in [0.717, 1.165) is 18.6 Å². The maximum absolute atomic E-state index is 11.5. The fourth-order valence-electron chi connectivity index (χ4n) is 1.51. The summed E-state index contributed by atoms with van der Waals surface area (Å²) in [4.78, 5) is 22.1. The number of hydrogen-bond donors (Lipinski definition) is 2. The molecule has 0 aromatic carbocycles. The second-order valence-electron chi connectivity index (χ2n) is 3.91. The molecule has 0 spiro atoms. The fourth-order valence-corrected chi connectivity index (χ4v) is 2.06. The van der Waals surface area contributed by atoms with Crippen molar-refractivity contribution >= 4 is 23.6 Å². The van der Waals surface area contributed by atoms with Crippen LogP contribution in [-0.4, -0.2) is 34.5 Å². The topological polar surface area (TPSA) is 66.4 Å². The number of carboxylic acids is 1. The van der Waals surface area contributed by atoms with Crippen LogP contribution in [0.3, 0.4) is 0 Å². The number of carbonyl (C=O) groups is 2. The van der Waals surface area contributed by atoms with Crippen molar-refractivity contribution in [2.24, 2.45) is 5.92 Å². The first-order valence-corrected chi connectivity index (χ1v) is 6.48. The van der Waals surface area contributed by atoms with Crippen LogP contribution in [0, 0.1) is 5.92 Å². The third-order valence-corrected chi connectivity index (χ3v) is 3.34. The smallest absolute Gasteiger partial charge is 0.305 e. The van der Waals surface area contributed by atoms with Crippen molar-refractivity contribution in [1.29, 1.82) is 0 Å². The first-order valence-electron chi connectivity index (χ1n) is 5.33. The summed E-state index contributed by atoms with van der Waals surface area (Å²) in [6.07, 6.45) is 3.83. The van der Waals surface area contributed by atoms with Crippen LogP contribution in [0.2, 0.25) is 0 Å². The molecule has 0 bridgehead atoms. The number of rotatable bonds is 8. The van der Waals surface area contributed by atoms with Gasteiger partial charge in [-0.1, -0.05) is 6.08 Å². The summed E-state index contributed by atoms with van der Waals surface area (Å²) in [5, 5.41) is 11.5. The van der Waals surface area contributed by atoms with E-state index in [1.54, 1.807) is 6.08 Å². The summed E-state index contributed by atoms with van der Waals surface area (Å²) in [6, 6.07) is -0.186. The first kappa shape index (κ1) is 13.1. The zero-order valence-electron chi connectivity index (χ0n) is 9.15. The van der Waals surface area contributed by atoms with Gasteiger partial charge in [0.05, 0.1) is 12.2 Å². The number of carboxylic acid groups (broad SMARTS) is 1. The molecule has 5 heteroatoms. The van der Waals surface area contributed by atoms with Gasteiger partial charge in [0, 0.05) is 11.8 Å². The van der Waals surface area contributed by atoms with E-state index in [1.165, 1.54) is 11.8 Å². The predicted octanol–water partition coefficient (Wildman–Crippen LogP) is 1.28. The Balaban J connectivity index is 2.27. The van der Waals surface area contributed by atoms with E-state index in [0.29, 0.717) is 11.7 Å². The highest BCUT2D eigenvalue weighted by Gasteiger charge is 2.33. The monoisotopic (exact) mass is 243 g/mol. The Morgan fingerprint density at radius 1 is 1.56 bits per heavy atom. The molecule has 0 saturated heterocycles. The molecule has 1 rings (SSSR count). The van der Waals surface area contributed by atoms with Crippen molar-refractivity contribution in [3.63, 3.8) is 0 Å². The largest absolute Gasteiger partial charge is 0.481 e. The molecule has 0 heterocycles. The van der Waals surface area contributed by atoms with E-state index in [1.807, 2.05) is 0 Å². The van der Waals surface area contributed by atoms with E-state index < -0.39 is 5.97 Å². The molecule has 2 N–H and O–H groups in total. The predicted molar refractivity (Wildman–Crippen MR) is 64.4 cm³/mol. The molecule has 90 valence electrons. The minimum Gasteiger partial charge on any atom is -0.481 e. The Morgan fingerprint density at radius 3 is 2.75 bits per heavy atom. The maximum atomic E-state index is 11.5. The molecular formula is C11H17NO3S. The molecule has 0 aromatic heterocycles. The minimum absolute atomic E-state index is 0.0303. The second kappa shape index (κ2) is 6.58. The number of hydrogen-bond acceptors (Lipinski definition) is 3. The summed E-state index contributed by atoms with van der Waals surface area (Å²) in [7, 11) is 0. The van der Waals surface area contributed by atoms with Crippen molar-refractivity contribution < 1.29 is 14.7 Å². The van der Waals surface area contributed by atoms with E-state index in [-0.39, 0.29) is 18.4 Å². The summed E-state index contributed by atoms with van der Waals surface area (Å²) in [5.41, 5.74) is 0. The van der Waals surface area contributed by atoms with Gasteiger partial charge in [0.25, 0.3) is 0 Å². The normalized spacial score (nSPS) is 16.5. The van der Waals surface area contributed by atoms with Crippen molar-refractivity contribution in [2.75, 3.05) is 11.5 Å². The Kier molecular flexibility index (Phi) is 5.38. The zero-order valence-corrected chi connectivity index (χ0v) is 9.96. The SMILES string of the molecule is C=CCSCC(=O)NC(CC(=O)O)C1CC1. The van der Waals surface area contributed by atoms with Gasteiger partial charge in [0.1, 0.15) is 0 Å². The standard InChI is InChI=1S/C11H17NO3S/c1-2-5-16-7-10(13)12-9(6-11(14)15)8-3-4-8/h2,8-9H,1,3-7H2,(H,12,13)(H,14,15). The molecular weight excluding hydrogens is 226 g/mol. The molecule has 0 radical (unpaired) electrons. The molecule has 4 nitrogen and oxygen atoms in total. The number of aliphatic carboxylic acids is 1.